The smallest absolute Gasteiger partial charge is 0.151 e. The van der Waals surface area contributed by atoms with Crippen molar-refractivity contribution >= 4 is 32.3 Å². The van der Waals surface area contributed by atoms with Crippen molar-refractivity contribution in [1.29, 1.82) is 0 Å². The number of hydrogen-bond acceptors (Lipinski definition) is 3. The molecule has 0 spiro atoms. The first-order chi connectivity index (χ1) is 7.47. The Hall–Kier alpha value is -1.13. The lowest BCUT2D eigenvalue weighted by molar-refractivity contribution is 0.601. The number of halogens is 1. The van der Waals surface area contributed by atoms with Gasteiger partial charge in [-0.3, -0.25) is 4.98 Å². The highest BCUT2D eigenvalue weighted by atomic mass is 35.5. The molecule has 2 aromatic rings. The predicted molar refractivity (Wildman–Crippen MR) is 65.3 cm³/mol. The minimum absolute atomic E-state index is 0.0797. The normalized spacial score (nSPS) is 11.9. The molecule has 0 N–H and O–H groups in total. The first-order valence-corrected chi connectivity index (χ1v) is 7.11. The molecule has 2 rings (SSSR count). The Labute approximate surface area is 99.0 Å². The average Bonchev–Trinajstić information content (AvgIpc) is 2.21. The summed E-state index contributed by atoms with van der Waals surface area (Å²) >= 11 is 6.14. The van der Waals surface area contributed by atoms with Crippen LogP contribution in [0.5, 0.6) is 0 Å². The highest BCUT2D eigenvalue weighted by molar-refractivity contribution is 7.89. The van der Waals surface area contributed by atoms with Crippen molar-refractivity contribution < 1.29 is 8.42 Å². The molecule has 5 heteroatoms. The van der Waals surface area contributed by atoms with Crippen LogP contribution in [0.25, 0.3) is 10.9 Å². The summed E-state index contributed by atoms with van der Waals surface area (Å²) in [6.07, 6.45) is 2.70. The second kappa shape index (κ2) is 4.03. The van der Waals surface area contributed by atoms with E-state index in [4.69, 9.17) is 11.6 Å². The van der Waals surface area contributed by atoms with E-state index in [2.05, 4.69) is 4.98 Å². The quantitative estimate of drug-likeness (QED) is 0.828. The third-order valence-electron chi connectivity index (χ3n) is 2.20. The molecule has 1 aromatic heterocycles. The van der Waals surface area contributed by atoms with Crippen molar-refractivity contribution in [2.75, 3.05) is 6.26 Å². The van der Waals surface area contributed by atoms with Gasteiger partial charge in [0.2, 0.25) is 0 Å². The van der Waals surface area contributed by atoms with Crippen LogP contribution < -0.4 is 0 Å². The summed E-state index contributed by atoms with van der Waals surface area (Å²) in [4.78, 5) is 4.18. The molecule has 0 saturated heterocycles. The lowest BCUT2D eigenvalue weighted by Gasteiger charge is -2.05. The van der Waals surface area contributed by atoms with Gasteiger partial charge in [-0.25, -0.2) is 8.42 Å². The molecule has 0 aliphatic rings. The molecule has 0 unspecified atom stereocenters. The third-order valence-corrected chi connectivity index (χ3v) is 3.48. The van der Waals surface area contributed by atoms with Gasteiger partial charge in [0, 0.05) is 23.4 Å². The zero-order valence-electron chi connectivity index (χ0n) is 8.64. The van der Waals surface area contributed by atoms with E-state index in [1.807, 2.05) is 24.3 Å². The van der Waals surface area contributed by atoms with E-state index in [1.54, 1.807) is 0 Å². The van der Waals surface area contributed by atoms with Gasteiger partial charge >= 0.3 is 0 Å². The van der Waals surface area contributed by atoms with Gasteiger partial charge in [0.15, 0.2) is 9.84 Å². The zero-order valence-corrected chi connectivity index (χ0v) is 10.2. The fourth-order valence-corrected chi connectivity index (χ4v) is 2.67. The van der Waals surface area contributed by atoms with Gasteiger partial charge in [-0.2, -0.15) is 0 Å². The van der Waals surface area contributed by atoms with Crippen LogP contribution in [-0.2, 0) is 15.6 Å². The second-order valence-electron chi connectivity index (χ2n) is 3.68. The molecule has 0 radical (unpaired) electrons. The molecule has 0 fully saturated rings. The molecule has 0 atom stereocenters. The zero-order chi connectivity index (χ0) is 11.8. The standard InChI is InChI=1S/C11H10ClNO2S/c1-16(14,15)7-8-6-13-10-5-3-2-4-9(10)11(8)12/h2-6H,7H2,1H3. The van der Waals surface area contributed by atoms with E-state index < -0.39 is 9.84 Å². The molecule has 1 aromatic carbocycles. The fourth-order valence-electron chi connectivity index (χ4n) is 1.53. The van der Waals surface area contributed by atoms with E-state index in [-0.39, 0.29) is 5.75 Å². The topological polar surface area (TPSA) is 47.0 Å². The van der Waals surface area contributed by atoms with E-state index in [1.165, 1.54) is 12.5 Å². The Morgan fingerprint density at radius 1 is 1.31 bits per heavy atom. The monoisotopic (exact) mass is 255 g/mol. The number of para-hydroxylation sites is 1. The maximum absolute atomic E-state index is 11.2. The SMILES string of the molecule is CS(=O)(=O)Cc1cnc2ccccc2c1Cl. The Morgan fingerprint density at radius 2 is 2.00 bits per heavy atom. The largest absolute Gasteiger partial charge is 0.256 e. The third kappa shape index (κ3) is 2.33. The van der Waals surface area contributed by atoms with Crippen molar-refractivity contribution in [2.24, 2.45) is 0 Å². The van der Waals surface area contributed by atoms with Gasteiger partial charge in [0.1, 0.15) is 0 Å². The molecular weight excluding hydrogens is 246 g/mol. The number of fused-ring (bicyclic) bond motifs is 1. The molecule has 0 aliphatic heterocycles. The summed E-state index contributed by atoms with van der Waals surface area (Å²) < 4.78 is 22.4. The first-order valence-electron chi connectivity index (χ1n) is 4.67. The lowest BCUT2D eigenvalue weighted by Crippen LogP contribution is -2.02. The van der Waals surface area contributed by atoms with E-state index in [0.29, 0.717) is 10.6 Å². The molecule has 3 nitrogen and oxygen atoms in total. The number of sulfone groups is 1. The van der Waals surface area contributed by atoms with Crippen LogP contribution in [0.1, 0.15) is 5.56 Å². The number of aromatic nitrogens is 1. The summed E-state index contributed by atoms with van der Waals surface area (Å²) in [6.45, 7) is 0. The number of nitrogens with zero attached hydrogens (tertiary/aromatic N) is 1. The van der Waals surface area contributed by atoms with Crippen molar-refractivity contribution in [1.82, 2.24) is 4.98 Å². The molecule has 0 bridgehead atoms. The van der Waals surface area contributed by atoms with Crippen LogP contribution in [0.4, 0.5) is 0 Å². The molecule has 0 amide bonds. The van der Waals surface area contributed by atoms with Crippen LogP contribution in [0.2, 0.25) is 5.02 Å². The van der Waals surface area contributed by atoms with E-state index >= 15 is 0 Å². The Balaban J connectivity index is 2.61. The van der Waals surface area contributed by atoms with Crippen LogP contribution in [-0.4, -0.2) is 19.7 Å². The molecule has 84 valence electrons. The number of rotatable bonds is 2. The van der Waals surface area contributed by atoms with Crippen LogP contribution in [0.3, 0.4) is 0 Å². The van der Waals surface area contributed by atoms with Gasteiger partial charge in [0.05, 0.1) is 16.3 Å². The van der Waals surface area contributed by atoms with Crippen molar-refractivity contribution in [3.63, 3.8) is 0 Å². The number of pyridine rings is 1. The molecule has 1 heterocycles. The number of benzene rings is 1. The number of hydrogen-bond donors (Lipinski definition) is 0. The van der Waals surface area contributed by atoms with Gasteiger partial charge < -0.3 is 0 Å². The van der Waals surface area contributed by atoms with Crippen molar-refractivity contribution in [2.45, 2.75) is 5.75 Å². The maximum Gasteiger partial charge on any atom is 0.151 e. The molecule has 0 aliphatic carbocycles. The molecular formula is C11H10ClNO2S. The van der Waals surface area contributed by atoms with Crippen molar-refractivity contribution in [3.05, 3.63) is 41.0 Å². The maximum atomic E-state index is 11.2. The predicted octanol–water partition coefficient (Wildman–Crippen LogP) is 2.43. The van der Waals surface area contributed by atoms with Crippen LogP contribution in [0.15, 0.2) is 30.5 Å². The fraction of sp³-hybridized carbons (Fsp3) is 0.182. The Bertz CT molecular complexity index is 637. The average molecular weight is 256 g/mol. The summed E-state index contributed by atoms with van der Waals surface area (Å²) in [7, 11) is -3.09. The molecule has 16 heavy (non-hydrogen) atoms. The van der Waals surface area contributed by atoms with Crippen LogP contribution >= 0.6 is 11.6 Å². The van der Waals surface area contributed by atoms with Gasteiger partial charge in [-0.15, -0.1) is 0 Å². The van der Waals surface area contributed by atoms with Crippen molar-refractivity contribution in [3.8, 4) is 0 Å². The summed E-state index contributed by atoms with van der Waals surface area (Å²) in [5.74, 6) is -0.0797. The lowest BCUT2D eigenvalue weighted by atomic mass is 10.2. The van der Waals surface area contributed by atoms with E-state index in [9.17, 15) is 8.42 Å². The van der Waals surface area contributed by atoms with Gasteiger partial charge in [-0.05, 0) is 6.07 Å². The van der Waals surface area contributed by atoms with E-state index in [0.717, 1.165) is 10.9 Å². The van der Waals surface area contributed by atoms with Crippen LogP contribution in [0, 0.1) is 0 Å². The summed E-state index contributed by atoms with van der Waals surface area (Å²) in [6, 6.07) is 7.38. The Morgan fingerprint density at radius 3 is 2.69 bits per heavy atom. The highest BCUT2D eigenvalue weighted by Crippen LogP contribution is 2.26. The summed E-state index contributed by atoms with van der Waals surface area (Å²) in [5.41, 5.74) is 1.31. The Kier molecular flexibility index (Phi) is 2.86. The minimum Gasteiger partial charge on any atom is -0.256 e. The molecule has 0 saturated carbocycles. The van der Waals surface area contributed by atoms with Gasteiger partial charge in [0.25, 0.3) is 0 Å². The summed E-state index contributed by atoms with van der Waals surface area (Å²) in [5, 5.41) is 1.25. The first kappa shape index (κ1) is 11.4. The highest BCUT2D eigenvalue weighted by Gasteiger charge is 2.11. The van der Waals surface area contributed by atoms with Gasteiger partial charge in [-0.1, -0.05) is 29.8 Å². The minimum atomic E-state index is -3.09. The second-order valence-corrected chi connectivity index (χ2v) is 6.20.